The highest BCUT2D eigenvalue weighted by Gasteiger charge is 2.33. The van der Waals surface area contributed by atoms with Crippen molar-refractivity contribution in [3.63, 3.8) is 0 Å². The molecule has 2 aliphatic rings. The summed E-state index contributed by atoms with van der Waals surface area (Å²) in [6.45, 7) is 4.56. The van der Waals surface area contributed by atoms with Gasteiger partial charge < -0.3 is 9.84 Å². The highest BCUT2D eigenvalue weighted by molar-refractivity contribution is 7.87. The molecule has 0 radical (unpaired) electrons. The molecule has 19 heavy (non-hydrogen) atoms. The standard InChI is InChI=1S/C12H24N2O4S/c1-9-7-14(8-10(2)18-9)19(16,17)13-11-3-5-12(15)6-4-11/h9-13,15H,3-8H2,1-2H3. The fourth-order valence-corrected chi connectivity index (χ4v) is 4.42. The van der Waals surface area contributed by atoms with Crippen molar-refractivity contribution in [2.24, 2.45) is 0 Å². The van der Waals surface area contributed by atoms with E-state index in [4.69, 9.17) is 4.74 Å². The van der Waals surface area contributed by atoms with Crippen LogP contribution in [0.1, 0.15) is 39.5 Å². The van der Waals surface area contributed by atoms with Crippen molar-refractivity contribution in [3.05, 3.63) is 0 Å². The summed E-state index contributed by atoms with van der Waals surface area (Å²) in [6, 6.07) is -0.0538. The van der Waals surface area contributed by atoms with Gasteiger partial charge in [-0.15, -0.1) is 0 Å². The van der Waals surface area contributed by atoms with Crippen LogP contribution in [0, 0.1) is 0 Å². The lowest BCUT2D eigenvalue weighted by atomic mass is 9.94. The maximum atomic E-state index is 12.3. The second-order valence-corrected chi connectivity index (χ2v) is 7.40. The molecule has 2 N–H and O–H groups in total. The van der Waals surface area contributed by atoms with Crippen molar-refractivity contribution in [1.29, 1.82) is 0 Å². The topological polar surface area (TPSA) is 78.9 Å². The number of rotatable bonds is 3. The highest BCUT2D eigenvalue weighted by Crippen LogP contribution is 2.20. The van der Waals surface area contributed by atoms with Gasteiger partial charge in [0.15, 0.2) is 0 Å². The number of nitrogens with one attached hydrogen (secondary N) is 1. The third-order valence-electron chi connectivity index (χ3n) is 3.74. The van der Waals surface area contributed by atoms with E-state index in [0.717, 1.165) is 0 Å². The van der Waals surface area contributed by atoms with Crippen LogP contribution in [0.4, 0.5) is 0 Å². The molecule has 0 aromatic carbocycles. The van der Waals surface area contributed by atoms with Crippen molar-refractivity contribution >= 4 is 10.2 Å². The van der Waals surface area contributed by atoms with Gasteiger partial charge in [-0.3, -0.25) is 0 Å². The third-order valence-corrected chi connectivity index (χ3v) is 5.35. The Morgan fingerprint density at radius 2 is 1.63 bits per heavy atom. The predicted molar refractivity (Wildman–Crippen MR) is 71.9 cm³/mol. The van der Waals surface area contributed by atoms with Gasteiger partial charge in [0.2, 0.25) is 0 Å². The molecule has 0 aromatic rings. The molecule has 0 bridgehead atoms. The van der Waals surface area contributed by atoms with Crippen molar-refractivity contribution in [2.75, 3.05) is 13.1 Å². The Kier molecular flexibility index (Phi) is 4.84. The maximum Gasteiger partial charge on any atom is 0.279 e. The summed E-state index contributed by atoms with van der Waals surface area (Å²) >= 11 is 0. The summed E-state index contributed by atoms with van der Waals surface area (Å²) in [5.41, 5.74) is 0. The first-order chi connectivity index (χ1) is 8.87. The SMILES string of the molecule is CC1CN(S(=O)(=O)NC2CCC(O)CC2)CC(C)O1. The molecule has 1 saturated carbocycles. The zero-order valence-electron chi connectivity index (χ0n) is 11.6. The predicted octanol–water partition coefficient (Wildman–Crippen LogP) is 0.234. The molecule has 0 spiro atoms. The van der Waals surface area contributed by atoms with E-state index in [0.29, 0.717) is 38.8 Å². The molecular formula is C12H24N2O4S. The summed E-state index contributed by atoms with van der Waals surface area (Å²) < 4.78 is 34.4. The second-order valence-electron chi connectivity index (χ2n) is 5.70. The van der Waals surface area contributed by atoms with E-state index in [1.54, 1.807) is 0 Å². The van der Waals surface area contributed by atoms with E-state index in [1.807, 2.05) is 13.8 Å². The number of hydrogen-bond acceptors (Lipinski definition) is 4. The van der Waals surface area contributed by atoms with Crippen LogP contribution in [-0.4, -0.2) is 55.3 Å². The Hall–Kier alpha value is -0.210. The van der Waals surface area contributed by atoms with E-state index in [2.05, 4.69) is 4.72 Å². The fraction of sp³-hybridized carbons (Fsp3) is 1.00. The van der Waals surface area contributed by atoms with E-state index in [1.165, 1.54) is 4.31 Å². The second kappa shape index (κ2) is 6.05. The minimum Gasteiger partial charge on any atom is -0.393 e. The van der Waals surface area contributed by atoms with Gasteiger partial charge in [0.05, 0.1) is 18.3 Å². The Morgan fingerprint density at radius 3 is 2.16 bits per heavy atom. The Labute approximate surface area is 115 Å². The zero-order chi connectivity index (χ0) is 14.0. The first-order valence-electron chi connectivity index (χ1n) is 6.97. The van der Waals surface area contributed by atoms with Gasteiger partial charge in [0.25, 0.3) is 10.2 Å². The van der Waals surface area contributed by atoms with Crippen LogP contribution in [0.25, 0.3) is 0 Å². The highest BCUT2D eigenvalue weighted by atomic mass is 32.2. The molecule has 6 nitrogen and oxygen atoms in total. The Balaban J connectivity index is 1.94. The van der Waals surface area contributed by atoms with Crippen LogP contribution < -0.4 is 4.72 Å². The molecule has 112 valence electrons. The van der Waals surface area contributed by atoms with E-state index < -0.39 is 10.2 Å². The fourth-order valence-electron chi connectivity index (χ4n) is 2.81. The number of aliphatic hydroxyl groups excluding tert-OH is 1. The van der Waals surface area contributed by atoms with Crippen LogP contribution in [0.15, 0.2) is 0 Å². The van der Waals surface area contributed by atoms with Crippen LogP contribution in [-0.2, 0) is 14.9 Å². The summed E-state index contributed by atoms with van der Waals surface area (Å²) in [7, 11) is -3.44. The molecular weight excluding hydrogens is 268 g/mol. The van der Waals surface area contributed by atoms with Crippen molar-refractivity contribution in [1.82, 2.24) is 9.03 Å². The van der Waals surface area contributed by atoms with Crippen molar-refractivity contribution in [2.45, 2.75) is 63.9 Å². The van der Waals surface area contributed by atoms with E-state index >= 15 is 0 Å². The lowest BCUT2D eigenvalue weighted by Crippen LogP contribution is -2.54. The van der Waals surface area contributed by atoms with Crippen LogP contribution in [0.3, 0.4) is 0 Å². The number of hydrogen-bond donors (Lipinski definition) is 2. The molecule has 2 unspecified atom stereocenters. The molecule has 2 atom stereocenters. The van der Waals surface area contributed by atoms with Crippen LogP contribution >= 0.6 is 0 Å². The number of ether oxygens (including phenoxy) is 1. The number of nitrogens with zero attached hydrogens (tertiary/aromatic N) is 1. The quantitative estimate of drug-likeness (QED) is 0.781. The van der Waals surface area contributed by atoms with Gasteiger partial charge >= 0.3 is 0 Å². The summed E-state index contributed by atoms with van der Waals surface area (Å²) in [5, 5.41) is 9.44. The van der Waals surface area contributed by atoms with Crippen molar-refractivity contribution in [3.8, 4) is 0 Å². The molecule has 1 aliphatic heterocycles. The zero-order valence-corrected chi connectivity index (χ0v) is 12.4. The molecule has 0 aromatic heterocycles. The van der Waals surface area contributed by atoms with E-state index in [-0.39, 0.29) is 24.4 Å². The molecule has 1 heterocycles. The molecule has 1 saturated heterocycles. The molecule has 0 amide bonds. The molecule has 2 rings (SSSR count). The monoisotopic (exact) mass is 292 g/mol. The average molecular weight is 292 g/mol. The smallest absolute Gasteiger partial charge is 0.279 e. The number of morpholine rings is 1. The molecule has 7 heteroatoms. The molecule has 1 aliphatic carbocycles. The van der Waals surface area contributed by atoms with Gasteiger partial charge in [0, 0.05) is 19.1 Å². The Bertz CT molecular complexity index is 383. The first-order valence-corrected chi connectivity index (χ1v) is 8.42. The third kappa shape index (κ3) is 4.13. The minimum absolute atomic E-state index is 0.0538. The van der Waals surface area contributed by atoms with Gasteiger partial charge in [-0.1, -0.05) is 0 Å². The normalized spacial score (nSPS) is 38.3. The lowest BCUT2D eigenvalue weighted by Gasteiger charge is -2.36. The Morgan fingerprint density at radius 1 is 1.11 bits per heavy atom. The van der Waals surface area contributed by atoms with Crippen molar-refractivity contribution < 1.29 is 18.3 Å². The molecule has 2 fully saturated rings. The minimum atomic E-state index is -3.44. The van der Waals surface area contributed by atoms with Gasteiger partial charge in [-0.25, -0.2) is 0 Å². The van der Waals surface area contributed by atoms with Gasteiger partial charge in [-0.2, -0.15) is 17.4 Å². The summed E-state index contributed by atoms with van der Waals surface area (Å²) in [5.74, 6) is 0. The number of aliphatic hydroxyl groups is 1. The average Bonchev–Trinajstić information content (AvgIpc) is 2.31. The van der Waals surface area contributed by atoms with Gasteiger partial charge in [0.1, 0.15) is 0 Å². The van der Waals surface area contributed by atoms with Crippen LogP contribution in [0.5, 0.6) is 0 Å². The van der Waals surface area contributed by atoms with Gasteiger partial charge in [-0.05, 0) is 39.5 Å². The summed E-state index contributed by atoms with van der Waals surface area (Å²) in [6.07, 6.45) is 2.32. The first kappa shape index (κ1) is 15.2. The largest absolute Gasteiger partial charge is 0.393 e. The van der Waals surface area contributed by atoms with E-state index in [9.17, 15) is 13.5 Å². The van der Waals surface area contributed by atoms with Crippen LogP contribution in [0.2, 0.25) is 0 Å². The summed E-state index contributed by atoms with van der Waals surface area (Å²) in [4.78, 5) is 0. The lowest BCUT2D eigenvalue weighted by molar-refractivity contribution is -0.0445. The maximum absolute atomic E-state index is 12.3.